The van der Waals surface area contributed by atoms with Crippen molar-refractivity contribution in [2.24, 2.45) is 5.73 Å². The zero-order valence-electron chi connectivity index (χ0n) is 5.27. The molecule has 4 N–H and O–H groups in total. The van der Waals surface area contributed by atoms with E-state index in [9.17, 15) is 4.39 Å². The Labute approximate surface area is 57.4 Å². The molecule has 1 rings (SSSR count). The largest absolute Gasteiger partial charge is 0.394 e. The van der Waals surface area contributed by atoms with Gasteiger partial charge in [0.25, 0.3) is 0 Å². The summed E-state index contributed by atoms with van der Waals surface area (Å²) in [5.41, 5.74) is 5.07. The SMILES string of the molecule is N[C@H]1O[C@H](CO)[C@@H](O)[C@@H]1F. The van der Waals surface area contributed by atoms with Crippen LogP contribution in [0.4, 0.5) is 4.39 Å². The zero-order valence-corrected chi connectivity index (χ0v) is 5.27. The summed E-state index contributed by atoms with van der Waals surface area (Å²) in [6.45, 7) is -0.407. The molecule has 60 valence electrons. The van der Waals surface area contributed by atoms with E-state index >= 15 is 0 Å². The van der Waals surface area contributed by atoms with Crippen LogP contribution in [0, 0.1) is 0 Å². The van der Waals surface area contributed by atoms with Crippen molar-refractivity contribution >= 4 is 0 Å². The maximum atomic E-state index is 12.5. The molecule has 4 atom stereocenters. The van der Waals surface area contributed by atoms with Crippen molar-refractivity contribution in [2.75, 3.05) is 6.61 Å². The number of rotatable bonds is 1. The summed E-state index contributed by atoms with van der Waals surface area (Å²) >= 11 is 0. The van der Waals surface area contributed by atoms with E-state index in [1.807, 2.05) is 0 Å². The molecule has 1 aliphatic heterocycles. The predicted molar refractivity (Wildman–Crippen MR) is 30.8 cm³/mol. The molecule has 0 spiro atoms. The first-order valence-electron chi connectivity index (χ1n) is 3.01. The van der Waals surface area contributed by atoms with Gasteiger partial charge < -0.3 is 20.7 Å². The van der Waals surface area contributed by atoms with Crippen LogP contribution in [0.5, 0.6) is 0 Å². The molecule has 0 unspecified atom stereocenters. The van der Waals surface area contributed by atoms with Crippen molar-refractivity contribution in [3.05, 3.63) is 0 Å². The molecule has 1 heterocycles. The molecule has 0 aliphatic carbocycles. The number of ether oxygens (including phenoxy) is 1. The van der Waals surface area contributed by atoms with Crippen molar-refractivity contribution < 1.29 is 19.3 Å². The highest BCUT2D eigenvalue weighted by Gasteiger charge is 2.41. The van der Waals surface area contributed by atoms with Gasteiger partial charge in [0.05, 0.1) is 6.61 Å². The van der Waals surface area contributed by atoms with Gasteiger partial charge in [0.1, 0.15) is 18.4 Å². The molecule has 0 aromatic carbocycles. The maximum Gasteiger partial charge on any atom is 0.168 e. The fourth-order valence-corrected chi connectivity index (χ4v) is 0.908. The molecule has 0 aromatic heterocycles. The Bertz CT molecular complexity index is 123. The van der Waals surface area contributed by atoms with E-state index in [0.29, 0.717) is 0 Å². The molecule has 1 fully saturated rings. The van der Waals surface area contributed by atoms with Gasteiger partial charge in [-0.15, -0.1) is 0 Å². The number of hydrogen-bond donors (Lipinski definition) is 3. The second-order valence-corrected chi connectivity index (χ2v) is 2.26. The van der Waals surface area contributed by atoms with Gasteiger partial charge in [0.15, 0.2) is 6.17 Å². The maximum absolute atomic E-state index is 12.5. The van der Waals surface area contributed by atoms with Crippen LogP contribution in [0.2, 0.25) is 0 Å². The molecule has 0 saturated carbocycles. The van der Waals surface area contributed by atoms with Gasteiger partial charge in [-0.3, -0.25) is 0 Å². The second-order valence-electron chi connectivity index (χ2n) is 2.26. The minimum atomic E-state index is -1.59. The van der Waals surface area contributed by atoms with Crippen LogP contribution < -0.4 is 5.73 Å². The predicted octanol–water partition coefficient (Wildman–Crippen LogP) is -1.64. The summed E-state index contributed by atoms with van der Waals surface area (Å²) in [5.74, 6) is 0. The first-order chi connectivity index (χ1) is 4.66. The lowest BCUT2D eigenvalue weighted by Gasteiger charge is -2.08. The minimum Gasteiger partial charge on any atom is -0.394 e. The molecule has 0 radical (unpaired) electrons. The average molecular weight is 151 g/mol. The first-order valence-corrected chi connectivity index (χ1v) is 3.01. The van der Waals surface area contributed by atoms with Crippen molar-refractivity contribution in [2.45, 2.75) is 24.6 Å². The number of nitrogens with two attached hydrogens (primary N) is 1. The summed E-state index contributed by atoms with van der Waals surface area (Å²) in [5, 5.41) is 17.4. The third-order valence-corrected chi connectivity index (χ3v) is 1.53. The third kappa shape index (κ3) is 1.13. The van der Waals surface area contributed by atoms with E-state index in [1.54, 1.807) is 0 Å². The number of hydrogen-bond acceptors (Lipinski definition) is 4. The summed E-state index contributed by atoms with van der Waals surface area (Å²) in [7, 11) is 0. The number of aliphatic hydroxyl groups is 2. The van der Waals surface area contributed by atoms with Crippen molar-refractivity contribution in [1.82, 2.24) is 0 Å². The van der Waals surface area contributed by atoms with Gasteiger partial charge in [0, 0.05) is 0 Å². The van der Waals surface area contributed by atoms with Gasteiger partial charge in [-0.25, -0.2) is 4.39 Å². The standard InChI is InChI=1S/C5H10FNO3/c6-3-4(9)2(1-8)10-5(3)7/h2-5,8-9H,1,7H2/t2-,3+,4-,5+/m1/s1. The molecule has 0 amide bonds. The van der Waals surface area contributed by atoms with Gasteiger partial charge in [0.2, 0.25) is 0 Å². The first kappa shape index (κ1) is 7.87. The van der Waals surface area contributed by atoms with E-state index in [0.717, 1.165) is 0 Å². The van der Waals surface area contributed by atoms with E-state index in [2.05, 4.69) is 4.74 Å². The van der Waals surface area contributed by atoms with Crippen LogP contribution in [-0.4, -0.2) is 41.4 Å². The second kappa shape index (κ2) is 2.79. The monoisotopic (exact) mass is 151 g/mol. The summed E-state index contributed by atoms with van der Waals surface area (Å²) in [6.07, 6.45) is -4.85. The summed E-state index contributed by atoms with van der Waals surface area (Å²) < 4.78 is 17.2. The zero-order chi connectivity index (χ0) is 7.72. The molecule has 10 heavy (non-hydrogen) atoms. The average Bonchev–Trinajstić information content (AvgIpc) is 2.17. The lowest BCUT2D eigenvalue weighted by molar-refractivity contribution is -0.0200. The Hall–Kier alpha value is -0.230. The van der Waals surface area contributed by atoms with Crippen LogP contribution in [0.25, 0.3) is 0 Å². The summed E-state index contributed by atoms with van der Waals surface area (Å²) in [4.78, 5) is 0. The molecular formula is C5H10FNO3. The molecular weight excluding hydrogens is 141 g/mol. The van der Waals surface area contributed by atoms with Crippen LogP contribution >= 0.6 is 0 Å². The van der Waals surface area contributed by atoms with Crippen LogP contribution in [0.3, 0.4) is 0 Å². The molecule has 1 aliphatic rings. The molecule has 4 nitrogen and oxygen atoms in total. The van der Waals surface area contributed by atoms with Gasteiger partial charge in [-0.2, -0.15) is 0 Å². The highest BCUT2D eigenvalue weighted by atomic mass is 19.1. The van der Waals surface area contributed by atoms with Gasteiger partial charge >= 0.3 is 0 Å². The van der Waals surface area contributed by atoms with E-state index in [1.165, 1.54) is 0 Å². The third-order valence-electron chi connectivity index (χ3n) is 1.53. The highest BCUT2D eigenvalue weighted by molar-refractivity contribution is 4.87. The normalized spacial score (nSPS) is 48.0. The number of aliphatic hydroxyl groups excluding tert-OH is 2. The van der Waals surface area contributed by atoms with E-state index in [-0.39, 0.29) is 0 Å². The van der Waals surface area contributed by atoms with Gasteiger partial charge in [-0.1, -0.05) is 0 Å². The Morgan fingerprint density at radius 2 is 2.20 bits per heavy atom. The topological polar surface area (TPSA) is 75.7 Å². The Balaban J connectivity index is 2.53. The molecule has 0 aromatic rings. The molecule has 0 bridgehead atoms. The van der Waals surface area contributed by atoms with Crippen molar-refractivity contribution in [1.29, 1.82) is 0 Å². The number of alkyl halides is 1. The van der Waals surface area contributed by atoms with Crippen molar-refractivity contribution in [3.63, 3.8) is 0 Å². The smallest absolute Gasteiger partial charge is 0.168 e. The fourth-order valence-electron chi connectivity index (χ4n) is 0.908. The van der Waals surface area contributed by atoms with Crippen LogP contribution in [-0.2, 0) is 4.74 Å². The fraction of sp³-hybridized carbons (Fsp3) is 1.00. The van der Waals surface area contributed by atoms with Crippen LogP contribution in [0.15, 0.2) is 0 Å². The quantitative estimate of drug-likeness (QED) is 0.420. The molecule has 1 saturated heterocycles. The highest BCUT2D eigenvalue weighted by Crippen LogP contribution is 2.20. The van der Waals surface area contributed by atoms with E-state index < -0.39 is 31.2 Å². The lowest BCUT2D eigenvalue weighted by atomic mass is 10.2. The van der Waals surface area contributed by atoms with E-state index in [4.69, 9.17) is 15.9 Å². The van der Waals surface area contributed by atoms with Crippen LogP contribution in [0.1, 0.15) is 0 Å². The minimum absolute atomic E-state index is 0.407. The Morgan fingerprint density at radius 1 is 1.60 bits per heavy atom. The van der Waals surface area contributed by atoms with Gasteiger partial charge in [-0.05, 0) is 0 Å². The Morgan fingerprint density at radius 3 is 2.40 bits per heavy atom. The summed E-state index contributed by atoms with van der Waals surface area (Å²) in [6, 6.07) is 0. The van der Waals surface area contributed by atoms with Crippen molar-refractivity contribution in [3.8, 4) is 0 Å². The molecule has 5 heteroatoms. The lowest BCUT2D eigenvalue weighted by Crippen LogP contribution is -2.33. The Kier molecular flexibility index (Phi) is 2.20. The number of halogens is 1.